The van der Waals surface area contributed by atoms with E-state index in [0.717, 1.165) is 15.8 Å². The van der Waals surface area contributed by atoms with E-state index in [4.69, 9.17) is 13.9 Å². The molecule has 0 bridgehead atoms. The summed E-state index contributed by atoms with van der Waals surface area (Å²) in [7, 11) is 3.19. The molecule has 2 aromatic rings. The van der Waals surface area contributed by atoms with Crippen molar-refractivity contribution in [2.45, 2.75) is 19.6 Å². The molecule has 0 aliphatic carbocycles. The van der Waals surface area contributed by atoms with E-state index in [9.17, 15) is 4.79 Å². The zero-order valence-corrected chi connectivity index (χ0v) is 14.3. The van der Waals surface area contributed by atoms with Crippen molar-refractivity contribution < 1.29 is 18.7 Å². The van der Waals surface area contributed by atoms with Crippen molar-refractivity contribution in [1.82, 2.24) is 5.32 Å². The maximum absolute atomic E-state index is 12.2. The van der Waals surface area contributed by atoms with Crippen LogP contribution in [0.15, 0.2) is 39.2 Å². The zero-order valence-electron chi connectivity index (χ0n) is 12.7. The Kier molecular flexibility index (Phi) is 5.63. The van der Waals surface area contributed by atoms with Crippen molar-refractivity contribution in [3.05, 3.63) is 51.9 Å². The molecule has 6 heteroatoms. The molecule has 1 N–H and O–H groups in total. The standard InChI is InChI=1S/C16H18BrNO4/c1-10(11-4-6-14(21-3)13(17)8-11)18-16(19)15-7-5-12(22-15)9-20-2/h4-8,10H,9H2,1-3H3,(H,18,19). The van der Waals surface area contributed by atoms with Gasteiger partial charge in [0.2, 0.25) is 0 Å². The fourth-order valence-electron chi connectivity index (χ4n) is 2.02. The highest BCUT2D eigenvalue weighted by atomic mass is 79.9. The van der Waals surface area contributed by atoms with Crippen LogP contribution in [-0.4, -0.2) is 20.1 Å². The minimum Gasteiger partial charge on any atom is -0.496 e. The second kappa shape index (κ2) is 7.47. The molecule has 0 saturated heterocycles. The zero-order chi connectivity index (χ0) is 16.1. The van der Waals surface area contributed by atoms with Gasteiger partial charge in [-0.05, 0) is 52.7 Å². The predicted molar refractivity (Wildman–Crippen MR) is 86.0 cm³/mol. The number of ether oxygens (including phenoxy) is 2. The van der Waals surface area contributed by atoms with E-state index in [1.807, 2.05) is 25.1 Å². The lowest BCUT2D eigenvalue weighted by atomic mass is 10.1. The molecule has 0 spiro atoms. The van der Waals surface area contributed by atoms with Gasteiger partial charge in [0.15, 0.2) is 5.76 Å². The summed E-state index contributed by atoms with van der Waals surface area (Å²) in [4.78, 5) is 12.2. The molecular formula is C16H18BrNO4. The summed E-state index contributed by atoms with van der Waals surface area (Å²) in [6, 6.07) is 8.89. The van der Waals surface area contributed by atoms with Crippen molar-refractivity contribution in [2.75, 3.05) is 14.2 Å². The Bertz CT molecular complexity index is 653. The number of furan rings is 1. The summed E-state index contributed by atoms with van der Waals surface area (Å²) in [6.07, 6.45) is 0. The van der Waals surface area contributed by atoms with Gasteiger partial charge in [-0.3, -0.25) is 4.79 Å². The number of rotatable bonds is 6. The average molecular weight is 368 g/mol. The summed E-state index contributed by atoms with van der Waals surface area (Å²) < 4.78 is 16.4. The summed E-state index contributed by atoms with van der Waals surface area (Å²) in [5.41, 5.74) is 0.963. The van der Waals surface area contributed by atoms with Crippen LogP contribution in [0.3, 0.4) is 0 Å². The number of hydrogen-bond donors (Lipinski definition) is 1. The van der Waals surface area contributed by atoms with Crippen LogP contribution in [0.2, 0.25) is 0 Å². The summed E-state index contributed by atoms with van der Waals surface area (Å²) in [5.74, 6) is 1.37. The van der Waals surface area contributed by atoms with Crippen LogP contribution in [0, 0.1) is 0 Å². The van der Waals surface area contributed by atoms with Crippen LogP contribution >= 0.6 is 15.9 Å². The van der Waals surface area contributed by atoms with Crippen LogP contribution in [0.25, 0.3) is 0 Å². The maximum Gasteiger partial charge on any atom is 0.287 e. The number of methoxy groups -OCH3 is 2. The number of nitrogens with one attached hydrogen (secondary N) is 1. The Hall–Kier alpha value is -1.79. The fourth-order valence-corrected chi connectivity index (χ4v) is 2.58. The third-order valence-corrected chi connectivity index (χ3v) is 3.82. The molecule has 118 valence electrons. The number of carbonyl (C=O) groups excluding carboxylic acids is 1. The van der Waals surface area contributed by atoms with Crippen molar-refractivity contribution in [2.24, 2.45) is 0 Å². The van der Waals surface area contributed by atoms with Crippen molar-refractivity contribution >= 4 is 21.8 Å². The predicted octanol–water partition coefficient (Wildman–Crippen LogP) is 3.69. The van der Waals surface area contributed by atoms with E-state index in [2.05, 4.69) is 21.2 Å². The molecule has 0 saturated carbocycles. The molecule has 0 radical (unpaired) electrons. The molecule has 0 fully saturated rings. The minimum atomic E-state index is -0.262. The van der Waals surface area contributed by atoms with E-state index in [1.54, 1.807) is 26.4 Å². The second-order valence-electron chi connectivity index (χ2n) is 4.79. The van der Waals surface area contributed by atoms with Gasteiger partial charge < -0.3 is 19.2 Å². The van der Waals surface area contributed by atoms with E-state index in [0.29, 0.717) is 12.4 Å². The number of carbonyl (C=O) groups is 1. The van der Waals surface area contributed by atoms with E-state index in [1.165, 1.54) is 0 Å². The number of benzene rings is 1. The first-order chi connectivity index (χ1) is 10.5. The summed E-state index contributed by atoms with van der Waals surface area (Å²) in [6.45, 7) is 2.25. The molecule has 0 aliphatic heterocycles. The highest BCUT2D eigenvalue weighted by Gasteiger charge is 2.16. The van der Waals surface area contributed by atoms with Crippen LogP contribution < -0.4 is 10.1 Å². The van der Waals surface area contributed by atoms with Gasteiger partial charge in [0.05, 0.1) is 17.6 Å². The smallest absolute Gasteiger partial charge is 0.287 e. The molecule has 1 unspecified atom stereocenters. The van der Waals surface area contributed by atoms with Gasteiger partial charge in [0, 0.05) is 7.11 Å². The van der Waals surface area contributed by atoms with E-state index in [-0.39, 0.29) is 17.7 Å². The summed E-state index contributed by atoms with van der Waals surface area (Å²) >= 11 is 3.44. The molecule has 22 heavy (non-hydrogen) atoms. The van der Waals surface area contributed by atoms with Crippen molar-refractivity contribution in [3.63, 3.8) is 0 Å². The van der Waals surface area contributed by atoms with Gasteiger partial charge in [-0.25, -0.2) is 0 Å². The Morgan fingerprint density at radius 2 is 2.09 bits per heavy atom. The first-order valence-corrected chi connectivity index (χ1v) is 7.56. The van der Waals surface area contributed by atoms with Gasteiger partial charge in [-0.2, -0.15) is 0 Å². The lowest BCUT2D eigenvalue weighted by Gasteiger charge is -2.15. The Labute approximate surface area is 137 Å². The average Bonchev–Trinajstić information content (AvgIpc) is 2.96. The van der Waals surface area contributed by atoms with Gasteiger partial charge in [0.1, 0.15) is 18.1 Å². The molecular weight excluding hydrogens is 350 g/mol. The van der Waals surface area contributed by atoms with Crippen LogP contribution in [-0.2, 0) is 11.3 Å². The summed E-state index contributed by atoms with van der Waals surface area (Å²) in [5, 5.41) is 2.90. The molecule has 1 aromatic heterocycles. The Balaban J connectivity index is 2.05. The van der Waals surface area contributed by atoms with E-state index >= 15 is 0 Å². The van der Waals surface area contributed by atoms with Gasteiger partial charge in [-0.15, -0.1) is 0 Å². The fraction of sp³-hybridized carbons (Fsp3) is 0.312. The number of halogens is 1. The minimum absolute atomic E-state index is 0.161. The third kappa shape index (κ3) is 3.90. The number of amides is 1. The molecule has 5 nitrogen and oxygen atoms in total. The Morgan fingerprint density at radius 1 is 1.32 bits per heavy atom. The number of hydrogen-bond acceptors (Lipinski definition) is 4. The quantitative estimate of drug-likeness (QED) is 0.845. The Morgan fingerprint density at radius 3 is 2.73 bits per heavy atom. The molecule has 1 aromatic carbocycles. The lowest BCUT2D eigenvalue weighted by molar-refractivity contribution is 0.0903. The first kappa shape index (κ1) is 16.6. The second-order valence-corrected chi connectivity index (χ2v) is 5.64. The molecule has 1 atom stereocenters. The lowest BCUT2D eigenvalue weighted by Crippen LogP contribution is -2.26. The topological polar surface area (TPSA) is 60.7 Å². The molecule has 1 heterocycles. The SMILES string of the molecule is COCc1ccc(C(=O)NC(C)c2ccc(OC)c(Br)c2)o1. The maximum atomic E-state index is 12.2. The highest BCUT2D eigenvalue weighted by molar-refractivity contribution is 9.10. The molecule has 0 aliphatic rings. The van der Waals surface area contributed by atoms with Gasteiger partial charge in [0.25, 0.3) is 5.91 Å². The van der Waals surface area contributed by atoms with Crippen molar-refractivity contribution in [3.8, 4) is 5.75 Å². The largest absolute Gasteiger partial charge is 0.496 e. The van der Waals surface area contributed by atoms with Crippen molar-refractivity contribution in [1.29, 1.82) is 0 Å². The first-order valence-electron chi connectivity index (χ1n) is 6.77. The highest BCUT2D eigenvalue weighted by Crippen LogP contribution is 2.28. The van der Waals surface area contributed by atoms with Gasteiger partial charge in [-0.1, -0.05) is 6.07 Å². The molecule has 1 amide bonds. The van der Waals surface area contributed by atoms with Gasteiger partial charge >= 0.3 is 0 Å². The van der Waals surface area contributed by atoms with Crippen LogP contribution in [0.4, 0.5) is 0 Å². The van der Waals surface area contributed by atoms with Crippen LogP contribution in [0.5, 0.6) is 5.75 Å². The van der Waals surface area contributed by atoms with E-state index < -0.39 is 0 Å². The molecule has 2 rings (SSSR count). The van der Waals surface area contributed by atoms with Crippen LogP contribution in [0.1, 0.15) is 34.8 Å². The third-order valence-electron chi connectivity index (χ3n) is 3.20. The monoisotopic (exact) mass is 367 g/mol. The normalized spacial score (nSPS) is 12.0.